The highest BCUT2D eigenvalue weighted by Gasteiger charge is 2.31. The highest BCUT2D eigenvalue weighted by molar-refractivity contribution is 8.55. The number of aliphatic hydroxyl groups is 2. The average molecular weight is 559 g/mol. The molecule has 9 nitrogen and oxygen atoms in total. The van der Waals surface area contributed by atoms with Gasteiger partial charge in [-0.2, -0.15) is 0 Å². The second-order valence-corrected chi connectivity index (χ2v) is 17.2. The van der Waals surface area contributed by atoms with Gasteiger partial charge in [-0.25, -0.2) is 0 Å². The van der Waals surface area contributed by atoms with Crippen molar-refractivity contribution in [2.45, 2.75) is 102 Å². The van der Waals surface area contributed by atoms with E-state index in [0.29, 0.717) is 37.8 Å². The summed E-state index contributed by atoms with van der Waals surface area (Å²) in [5.74, 6) is -2.66. The topological polar surface area (TPSA) is 126 Å². The maximum Gasteiger partial charge on any atom is 0.238 e. The van der Waals surface area contributed by atoms with Gasteiger partial charge in [-0.1, -0.05) is 13.8 Å². The molecule has 0 saturated heterocycles. The van der Waals surface area contributed by atoms with Gasteiger partial charge in [0, 0.05) is 18.8 Å². The van der Waals surface area contributed by atoms with Crippen LogP contribution in [0.4, 0.5) is 0 Å². The van der Waals surface area contributed by atoms with Crippen molar-refractivity contribution < 1.29 is 34.0 Å². The zero-order chi connectivity index (χ0) is 27.5. The Morgan fingerprint density at radius 1 is 1.09 bits per heavy atom. The van der Waals surface area contributed by atoms with E-state index in [2.05, 4.69) is 17.3 Å². The van der Waals surface area contributed by atoms with Gasteiger partial charge in [-0.15, -0.1) is 23.1 Å². The van der Waals surface area contributed by atoms with Gasteiger partial charge in [-0.3, -0.25) is 10.1 Å². The molecule has 4 N–H and O–H groups in total. The summed E-state index contributed by atoms with van der Waals surface area (Å²) in [6.45, 7) is 16.9. The molecule has 0 aliphatic carbocycles. The van der Waals surface area contributed by atoms with Crippen LogP contribution in [0.15, 0.2) is 0 Å². The summed E-state index contributed by atoms with van der Waals surface area (Å²) in [7, 11) is 0.908. The van der Waals surface area contributed by atoms with Crippen LogP contribution < -0.4 is 10.6 Å². The van der Waals surface area contributed by atoms with Crippen LogP contribution in [0.5, 0.6) is 0 Å². The predicted molar refractivity (Wildman–Crippen MR) is 147 cm³/mol. The molecule has 0 spiro atoms. The molecule has 0 aromatic heterocycles. The van der Waals surface area contributed by atoms with Crippen LogP contribution >= 0.6 is 30.3 Å². The Bertz CT molecular complexity index is 640. The maximum absolute atomic E-state index is 13.1. The van der Waals surface area contributed by atoms with Gasteiger partial charge < -0.3 is 34.5 Å². The molecule has 0 fully saturated rings. The summed E-state index contributed by atoms with van der Waals surface area (Å²) in [4.78, 5) is 24.8. The smallest absolute Gasteiger partial charge is 0.238 e. The number of amides is 1. The SMILES string of the molecule is COC(C)(O)N[C@@H](CCSP(C)COC(C)(C)C)C(=O)N[C@H](C=O)SC(C)(C)CCOC(C)(C)O. The lowest BCUT2D eigenvalue weighted by Gasteiger charge is -2.31. The second kappa shape index (κ2) is 15.4. The molecule has 0 radical (unpaired) electrons. The van der Waals surface area contributed by atoms with Crippen molar-refractivity contribution >= 4 is 42.5 Å². The molecule has 12 heteroatoms. The van der Waals surface area contributed by atoms with E-state index < -0.39 is 40.9 Å². The number of hydrogen-bond donors (Lipinski definition) is 4. The lowest BCUT2D eigenvalue weighted by molar-refractivity contribution is -0.200. The molecular formula is C23H47N2O7PS2. The number of ether oxygens (including phenoxy) is 3. The summed E-state index contributed by atoms with van der Waals surface area (Å²) >= 11 is 3.03. The third-order valence-corrected chi connectivity index (χ3v) is 9.43. The van der Waals surface area contributed by atoms with Crippen molar-refractivity contribution in [3.8, 4) is 0 Å². The molecule has 4 atom stereocenters. The zero-order valence-electron chi connectivity index (χ0n) is 23.0. The third-order valence-electron chi connectivity index (χ3n) is 4.57. The number of aldehydes is 1. The molecule has 1 amide bonds. The van der Waals surface area contributed by atoms with E-state index in [-0.39, 0.29) is 5.60 Å². The van der Waals surface area contributed by atoms with Gasteiger partial charge in [0.05, 0.1) is 24.6 Å². The maximum atomic E-state index is 13.1. The molecule has 0 aliphatic heterocycles. The first kappa shape index (κ1) is 35.0. The van der Waals surface area contributed by atoms with Crippen molar-refractivity contribution in [2.75, 3.05) is 32.5 Å². The number of nitrogens with one attached hydrogen (secondary N) is 2. The molecule has 0 aromatic rings. The lowest BCUT2D eigenvalue weighted by atomic mass is 10.1. The first-order valence-electron chi connectivity index (χ1n) is 11.6. The Labute approximate surface area is 221 Å². The number of hydrogen-bond acceptors (Lipinski definition) is 10. The van der Waals surface area contributed by atoms with E-state index in [1.54, 1.807) is 25.2 Å². The first-order chi connectivity index (χ1) is 15.8. The van der Waals surface area contributed by atoms with Gasteiger partial charge in [0.2, 0.25) is 11.8 Å². The minimum absolute atomic E-state index is 0.200. The monoisotopic (exact) mass is 558 g/mol. The fraction of sp³-hybridized carbons (Fsp3) is 0.913. The summed E-state index contributed by atoms with van der Waals surface area (Å²) in [6, 6.07) is -0.769. The fourth-order valence-corrected chi connectivity index (χ4v) is 6.63. The van der Waals surface area contributed by atoms with Crippen LogP contribution in [-0.4, -0.2) is 88.4 Å². The predicted octanol–water partition coefficient (Wildman–Crippen LogP) is 3.47. The van der Waals surface area contributed by atoms with E-state index in [0.717, 1.165) is 0 Å². The summed E-state index contributed by atoms with van der Waals surface area (Å²) in [5.41, 5.74) is -0.200. The quantitative estimate of drug-likeness (QED) is 0.113. The highest BCUT2D eigenvalue weighted by atomic mass is 32.7. The number of carbonyl (C=O) groups is 2. The molecule has 0 aliphatic rings. The van der Waals surface area contributed by atoms with Crippen molar-refractivity contribution in [3.63, 3.8) is 0 Å². The van der Waals surface area contributed by atoms with Gasteiger partial charge in [0.25, 0.3) is 0 Å². The standard InChI is InChI=1S/C23H47N2O7PS2/c1-20(2,3)32-16-33(10)34-14-11-17(25-23(8,29)30-9)19(27)24-18(15-26)35-21(4,5)12-13-31-22(6,7)28/h15,17-18,25,28-29H,11-14,16H2,1-10H3,(H,24,27)/t17-,18-,23?,33?/m0/s1. The van der Waals surface area contributed by atoms with Gasteiger partial charge in [-0.05, 0) is 67.0 Å². The molecule has 0 rings (SSSR count). The Hall–Kier alpha value is 0.0300. The summed E-state index contributed by atoms with van der Waals surface area (Å²) < 4.78 is 15.9. The Morgan fingerprint density at radius 3 is 2.17 bits per heavy atom. The van der Waals surface area contributed by atoms with Gasteiger partial charge >= 0.3 is 0 Å². The Balaban J connectivity index is 5.03. The summed E-state index contributed by atoms with van der Waals surface area (Å²) in [5, 5.41) is 24.8. The number of carbonyl (C=O) groups excluding carboxylic acids is 2. The molecule has 0 bridgehead atoms. The third kappa shape index (κ3) is 18.9. The van der Waals surface area contributed by atoms with Crippen LogP contribution in [0.25, 0.3) is 0 Å². The van der Waals surface area contributed by atoms with Gasteiger partial charge in [0.15, 0.2) is 12.1 Å². The second-order valence-electron chi connectivity index (χ2n) is 10.5. The largest absolute Gasteiger partial charge is 0.371 e. The van der Waals surface area contributed by atoms with Crippen molar-refractivity contribution in [2.24, 2.45) is 0 Å². The number of methoxy groups -OCH3 is 1. The van der Waals surface area contributed by atoms with E-state index in [4.69, 9.17) is 14.2 Å². The van der Waals surface area contributed by atoms with Crippen molar-refractivity contribution in [1.82, 2.24) is 10.6 Å². The molecule has 0 heterocycles. The highest BCUT2D eigenvalue weighted by Crippen LogP contribution is 2.47. The van der Waals surface area contributed by atoms with E-state index >= 15 is 0 Å². The van der Waals surface area contributed by atoms with Crippen LogP contribution in [0.1, 0.15) is 68.2 Å². The zero-order valence-corrected chi connectivity index (χ0v) is 25.5. The molecule has 35 heavy (non-hydrogen) atoms. The first-order valence-corrected chi connectivity index (χ1v) is 16.1. The molecule has 0 aromatic carbocycles. The van der Waals surface area contributed by atoms with E-state index in [9.17, 15) is 19.8 Å². The molecule has 0 saturated carbocycles. The van der Waals surface area contributed by atoms with Crippen LogP contribution in [-0.2, 0) is 23.8 Å². The van der Waals surface area contributed by atoms with Gasteiger partial charge in [0.1, 0.15) is 5.37 Å². The molecule has 2 unspecified atom stereocenters. The molecular weight excluding hydrogens is 511 g/mol. The minimum atomic E-state index is -1.70. The number of thioether (sulfide) groups is 1. The van der Waals surface area contributed by atoms with E-state index in [1.165, 1.54) is 25.8 Å². The molecule has 208 valence electrons. The number of rotatable bonds is 18. The van der Waals surface area contributed by atoms with Crippen LogP contribution in [0.2, 0.25) is 0 Å². The lowest BCUT2D eigenvalue weighted by Crippen LogP contribution is -2.56. The van der Waals surface area contributed by atoms with Crippen molar-refractivity contribution in [1.29, 1.82) is 0 Å². The Kier molecular flexibility index (Phi) is 15.5. The van der Waals surface area contributed by atoms with Crippen LogP contribution in [0, 0.1) is 0 Å². The van der Waals surface area contributed by atoms with Crippen LogP contribution in [0.3, 0.4) is 0 Å². The minimum Gasteiger partial charge on any atom is -0.371 e. The summed E-state index contributed by atoms with van der Waals surface area (Å²) in [6.07, 6.45) is 2.34. The normalized spacial score (nSPS) is 17.4. The fourth-order valence-electron chi connectivity index (χ4n) is 2.58. The van der Waals surface area contributed by atoms with E-state index in [1.807, 2.05) is 34.6 Å². The average Bonchev–Trinajstić information content (AvgIpc) is 2.69. The van der Waals surface area contributed by atoms with Crippen molar-refractivity contribution in [3.05, 3.63) is 0 Å². The Morgan fingerprint density at radius 2 is 1.69 bits per heavy atom.